The zero-order chi connectivity index (χ0) is 13.8. The molecule has 0 aromatic heterocycles. The molecule has 1 N–H and O–H groups in total. The molecule has 19 heavy (non-hydrogen) atoms. The number of carbonyl (C=O) groups is 1. The van der Waals surface area contributed by atoms with Gasteiger partial charge in [0, 0.05) is 11.0 Å². The lowest BCUT2D eigenvalue weighted by molar-refractivity contribution is -0.121. The normalized spacial score (nSPS) is 19.3. The Morgan fingerprint density at radius 2 is 2.37 bits per heavy atom. The second-order valence-electron chi connectivity index (χ2n) is 4.52. The van der Waals surface area contributed by atoms with Gasteiger partial charge in [-0.2, -0.15) is 5.26 Å². The highest BCUT2D eigenvalue weighted by Crippen LogP contribution is 2.27. The molecule has 1 aromatic carbocycles. The Hall–Kier alpha value is -1.38. The summed E-state index contributed by atoms with van der Waals surface area (Å²) in [4.78, 5) is 14.1. The third-order valence-corrected chi connectivity index (χ3v) is 3.75. The molecule has 4 nitrogen and oxygen atoms in total. The van der Waals surface area contributed by atoms with Gasteiger partial charge in [-0.05, 0) is 37.6 Å². The van der Waals surface area contributed by atoms with Crippen molar-refractivity contribution in [3.05, 3.63) is 28.2 Å². The summed E-state index contributed by atoms with van der Waals surface area (Å²) < 4.78 is 0.848. The molecule has 1 aliphatic heterocycles. The molecule has 1 unspecified atom stereocenters. The van der Waals surface area contributed by atoms with Crippen molar-refractivity contribution >= 4 is 27.5 Å². The molecule has 0 aliphatic carbocycles. The number of piperidine rings is 1. The van der Waals surface area contributed by atoms with Crippen molar-refractivity contribution in [3.8, 4) is 6.07 Å². The number of benzene rings is 1. The van der Waals surface area contributed by atoms with E-state index in [1.54, 1.807) is 11.0 Å². The highest BCUT2D eigenvalue weighted by molar-refractivity contribution is 9.10. The fourth-order valence-electron chi connectivity index (χ4n) is 2.38. The fraction of sp³-hybridized carbons (Fsp3) is 0.429. The summed E-state index contributed by atoms with van der Waals surface area (Å²) in [6, 6.07) is 7.47. The minimum atomic E-state index is -0.131. The second kappa shape index (κ2) is 6.18. The topological polar surface area (TPSA) is 56.1 Å². The number of likely N-dealkylation sites (N-methyl/N-ethyl adjacent to an activating group) is 1. The molecule has 1 aliphatic rings. The van der Waals surface area contributed by atoms with Crippen LogP contribution in [0.3, 0.4) is 0 Å². The van der Waals surface area contributed by atoms with Crippen LogP contribution < -0.4 is 10.2 Å². The van der Waals surface area contributed by atoms with E-state index in [9.17, 15) is 10.1 Å². The van der Waals surface area contributed by atoms with E-state index in [-0.39, 0.29) is 11.9 Å². The number of nitriles is 1. The Bertz CT molecular complexity index is 522. The highest BCUT2D eigenvalue weighted by Gasteiger charge is 2.30. The number of amides is 1. The summed E-state index contributed by atoms with van der Waals surface area (Å²) in [6.07, 6.45) is 1.81. The van der Waals surface area contributed by atoms with E-state index in [0.717, 1.165) is 23.9 Å². The van der Waals surface area contributed by atoms with Gasteiger partial charge >= 0.3 is 0 Å². The summed E-state index contributed by atoms with van der Waals surface area (Å²) in [5.41, 5.74) is 1.23. The lowest BCUT2D eigenvalue weighted by Gasteiger charge is -2.33. The predicted molar refractivity (Wildman–Crippen MR) is 77.9 cm³/mol. The average molecular weight is 322 g/mol. The predicted octanol–water partition coefficient (Wildman–Crippen LogP) is 2.43. The van der Waals surface area contributed by atoms with Gasteiger partial charge in [0.15, 0.2) is 0 Å². The van der Waals surface area contributed by atoms with Crippen LogP contribution in [0.2, 0.25) is 0 Å². The molecule has 1 aromatic rings. The van der Waals surface area contributed by atoms with Gasteiger partial charge < -0.3 is 10.2 Å². The Labute approximate surface area is 121 Å². The number of rotatable bonds is 3. The van der Waals surface area contributed by atoms with E-state index in [1.807, 2.05) is 19.1 Å². The van der Waals surface area contributed by atoms with Gasteiger partial charge in [0.1, 0.15) is 6.07 Å². The molecule has 1 fully saturated rings. The largest absolute Gasteiger partial charge is 0.310 e. The lowest BCUT2D eigenvalue weighted by Crippen LogP contribution is -2.51. The van der Waals surface area contributed by atoms with Crippen LogP contribution in [0.15, 0.2) is 22.7 Å². The van der Waals surface area contributed by atoms with Gasteiger partial charge in [-0.25, -0.2) is 0 Å². The van der Waals surface area contributed by atoms with Crippen molar-refractivity contribution in [3.63, 3.8) is 0 Å². The monoisotopic (exact) mass is 321 g/mol. The van der Waals surface area contributed by atoms with Gasteiger partial charge in [0.25, 0.3) is 0 Å². The van der Waals surface area contributed by atoms with Crippen molar-refractivity contribution < 1.29 is 4.79 Å². The maximum atomic E-state index is 12.4. The van der Waals surface area contributed by atoms with E-state index in [1.165, 1.54) is 0 Å². The number of hydrogen-bond donors (Lipinski definition) is 1. The molecular weight excluding hydrogens is 306 g/mol. The number of nitrogens with zero attached hydrogens (tertiary/aromatic N) is 2. The van der Waals surface area contributed by atoms with E-state index in [0.29, 0.717) is 17.8 Å². The molecule has 0 spiro atoms. The van der Waals surface area contributed by atoms with E-state index < -0.39 is 0 Å². The van der Waals surface area contributed by atoms with Crippen molar-refractivity contribution in [2.24, 2.45) is 0 Å². The summed E-state index contributed by atoms with van der Waals surface area (Å²) in [5.74, 6) is 0.0620. The molecule has 2 rings (SSSR count). The first kappa shape index (κ1) is 14.0. The van der Waals surface area contributed by atoms with E-state index in [2.05, 4.69) is 27.3 Å². The van der Waals surface area contributed by atoms with Crippen molar-refractivity contribution in [2.75, 3.05) is 18.0 Å². The molecule has 5 heteroatoms. The molecule has 1 amide bonds. The Kier molecular flexibility index (Phi) is 4.56. The van der Waals surface area contributed by atoms with Gasteiger partial charge in [0.2, 0.25) is 5.91 Å². The molecule has 100 valence electrons. The zero-order valence-electron chi connectivity index (χ0n) is 10.8. The van der Waals surface area contributed by atoms with Crippen LogP contribution in [-0.2, 0) is 4.79 Å². The van der Waals surface area contributed by atoms with Crippen LogP contribution in [0.25, 0.3) is 0 Å². The first-order valence-corrected chi connectivity index (χ1v) is 7.21. The summed E-state index contributed by atoms with van der Waals surface area (Å²) in [6.45, 7) is 3.44. The maximum Gasteiger partial charge on any atom is 0.244 e. The standard InChI is InChI=1S/C14H16BrN3O/c1-2-17-12-4-3-7-18(14(12)19)13-6-5-11(15)8-10(13)9-16/h5-6,8,12,17H,2-4,7H2,1H3. The first-order chi connectivity index (χ1) is 9.17. The van der Waals surface area contributed by atoms with Gasteiger partial charge in [-0.1, -0.05) is 22.9 Å². The van der Waals surface area contributed by atoms with Crippen molar-refractivity contribution in [1.29, 1.82) is 5.26 Å². The summed E-state index contributed by atoms with van der Waals surface area (Å²) >= 11 is 3.35. The molecule has 0 saturated carbocycles. The number of hydrogen-bond acceptors (Lipinski definition) is 3. The van der Waals surface area contributed by atoms with Crippen molar-refractivity contribution in [2.45, 2.75) is 25.8 Å². The minimum Gasteiger partial charge on any atom is -0.310 e. The van der Waals surface area contributed by atoms with Gasteiger partial charge in [0.05, 0.1) is 17.3 Å². The molecule has 1 saturated heterocycles. The lowest BCUT2D eigenvalue weighted by atomic mass is 10.0. The maximum absolute atomic E-state index is 12.4. The quantitative estimate of drug-likeness (QED) is 0.930. The Morgan fingerprint density at radius 1 is 1.58 bits per heavy atom. The van der Waals surface area contributed by atoms with Crippen LogP contribution >= 0.6 is 15.9 Å². The average Bonchev–Trinajstić information content (AvgIpc) is 2.42. The van der Waals surface area contributed by atoms with Crippen LogP contribution in [0.4, 0.5) is 5.69 Å². The number of anilines is 1. The van der Waals surface area contributed by atoms with Gasteiger partial charge in [-0.3, -0.25) is 4.79 Å². The number of nitrogens with one attached hydrogen (secondary N) is 1. The molecule has 0 radical (unpaired) electrons. The molecule has 1 atom stereocenters. The van der Waals surface area contributed by atoms with Crippen LogP contribution in [0.5, 0.6) is 0 Å². The SMILES string of the molecule is CCNC1CCCN(c2ccc(Br)cc2C#N)C1=O. The summed E-state index contributed by atoms with van der Waals surface area (Å²) in [5, 5.41) is 12.4. The third kappa shape index (κ3) is 2.96. The van der Waals surface area contributed by atoms with E-state index in [4.69, 9.17) is 0 Å². The second-order valence-corrected chi connectivity index (χ2v) is 5.43. The highest BCUT2D eigenvalue weighted by atomic mass is 79.9. The van der Waals surface area contributed by atoms with Gasteiger partial charge in [-0.15, -0.1) is 0 Å². The molecule has 0 bridgehead atoms. The molecule has 1 heterocycles. The van der Waals surface area contributed by atoms with Crippen LogP contribution in [-0.4, -0.2) is 25.0 Å². The van der Waals surface area contributed by atoms with Crippen LogP contribution in [0.1, 0.15) is 25.3 Å². The van der Waals surface area contributed by atoms with Crippen molar-refractivity contribution in [1.82, 2.24) is 5.32 Å². The minimum absolute atomic E-state index is 0.0620. The smallest absolute Gasteiger partial charge is 0.244 e. The van der Waals surface area contributed by atoms with Crippen LogP contribution in [0, 0.1) is 11.3 Å². The van der Waals surface area contributed by atoms with E-state index >= 15 is 0 Å². The number of halogens is 1. The zero-order valence-corrected chi connectivity index (χ0v) is 12.4. The number of carbonyl (C=O) groups excluding carboxylic acids is 1. The molecular formula is C14H16BrN3O. The Balaban J connectivity index is 2.31. The Morgan fingerprint density at radius 3 is 3.05 bits per heavy atom. The first-order valence-electron chi connectivity index (χ1n) is 6.41. The third-order valence-electron chi connectivity index (χ3n) is 3.26. The fourth-order valence-corrected chi connectivity index (χ4v) is 2.74. The summed E-state index contributed by atoms with van der Waals surface area (Å²) in [7, 11) is 0.